The van der Waals surface area contributed by atoms with Crippen LogP contribution in [0.1, 0.15) is 11.1 Å². The highest BCUT2D eigenvalue weighted by Crippen LogP contribution is 2.31. The van der Waals surface area contributed by atoms with Crippen molar-refractivity contribution in [1.29, 1.82) is 0 Å². The van der Waals surface area contributed by atoms with Gasteiger partial charge >= 0.3 is 6.18 Å². The molecule has 3 aromatic rings. The van der Waals surface area contributed by atoms with Crippen LogP contribution in [-0.4, -0.2) is 9.97 Å². The Labute approximate surface area is 132 Å². The molecule has 114 valence electrons. The van der Waals surface area contributed by atoms with Crippen LogP contribution in [0.25, 0.3) is 11.0 Å². The first kappa shape index (κ1) is 14.9. The number of nitrogens with zero attached hydrogens (tertiary/aromatic N) is 1. The van der Waals surface area contributed by atoms with Crippen LogP contribution in [0.15, 0.2) is 42.5 Å². The predicted molar refractivity (Wildman–Crippen MR) is 83.5 cm³/mol. The van der Waals surface area contributed by atoms with E-state index in [1.54, 1.807) is 0 Å². The smallest absolute Gasteiger partial charge is 0.326 e. The van der Waals surface area contributed by atoms with Crippen LogP contribution in [0.4, 0.5) is 24.8 Å². The van der Waals surface area contributed by atoms with Gasteiger partial charge in [-0.05, 0) is 35.9 Å². The number of hydrogen-bond donors (Lipinski definition) is 2. The van der Waals surface area contributed by atoms with Crippen molar-refractivity contribution in [3.63, 3.8) is 0 Å². The van der Waals surface area contributed by atoms with Crippen molar-refractivity contribution in [2.75, 3.05) is 5.32 Å². The van der Waals surface area contributed by atoms with E-state index in [0.29, 0.717) is 11.5 Å². The molecule has 2 aromatic carbocycles. The summed E-state index contributed by atoms with van der Waals surface area (Å²) in [4.78, 5) is 7.10. The Kier molecular flexibility index (Phi) is 3.82. The molecule has 0 fully saturated rings. The Hall–Kier alpha value is -2.02. The molecule has 3 rings (SSSR count). The molecule has 0 radical (unpaired) electrons. The molecule has 0 saturated heterocycles. The standard InChI is InChI=1S/C15H11BrF3N3/c16-8-9-1-4-11(5-2-9)20-14-21-12-6-3-10(15(17,18)19)7-13(12)22-14/h1-7H,8H2,(H2,20,21,22). The molecule has 22 heavy (non-hydrogen) atoms. The van der Waals surface area contributed by atoms with Crippen LogP contribution in [0.3, 0.4) is 0 Å². The van der Waals surface area contributed by atoms with Crippen molar-refractivity contribution in [2.45, 2.75) is 11.5 Å². The number of nitrogens with one attached hydrogen (secondary N) is 2. The van der Waals surface area contributed by atoms with Crippen molar-refractivity contribution < 1.29 is 13.2 Å². The fourth-order valence-electron chi connectivity index (χ4n) is 2.06. The van der Waals surface area contributed by atoms with Gasteiger partial charge in [0.05, 0.1) is 16.6 Å². The van der Waals surface area contributed by atoms with Gasteiger partial charge in [0.2, 0.25) is 5.95 Å². The molecule has 0 bridgehead atoms. The molecule has 1 aromatic heterocycles. The van der Waals surface area contributed by atoms with Gasteiger partial charge in [0, 0.05) is 11.0 Å². The van der Waals surface area contributed by atoms with Gasteiger partial charge in [0.1, 0.15) is 0 Å². The summed E-state index contributed by atoms with van der Waals surface area (Å²) in [6.07, 6.45) is -4.37. The van der Waals surface area contributed by atoms with Gasteiger partial charge in [0.15, 0.2) is 0 Å². The number of H-pyrrole nitrogens is 1. The maximum Gasteiger partial charge on any atom is 0.416 e. The van der Waals surface area contributed by atoms with Crippen LogP contribution >= 0.6 is 15.9 Å². The lowest BCUT2D eigenvalue weighted by molar-refractivity contribution is -0.137. The van der Waals surface area contributed by atoms with Gasteiger partial charge in [-0.25, -0.2) is 4.98 Å². The van der Waals surface area contributed by atoms with E-state index in [4.69, 9.17) is 0 Å². The minimum atomic E-state index is -4.37. The summed E-state index contributed by atoms with van der Waals surface area (Å²) in [5.74, 6) is 0.404. The van der Waals surface area contributed by atoms with Gasteiger partial charge in [-0.1, -0.05) is 28.1 Å². The Bertz CT molecular complexity index is 794. The second-order valence-electron chi connectivity index (χ2n) is 4.77. The number of halogens is 4. The minimum absolute atomic E-state index is 0.273. The van der Waals surface area contributed by atoms with Gasteiger partial charge < -0.3 is 10.3 Å². The van der Waals surface area contributed by atoms with Crippen molar-refractivity contribution in [1.82, 2.24) is 9.97 Å². The Morgan fingerprint density at radius 2 is 1.82 bits per heavy atom. The molecule has 0 saturated carbocycles. The van der Waals surface area contributed by atoms with Crippen LogP contribution in [0.5, 0.6) is 0 Å². The zero-order chi connectivity index (χ0) is 15.7. The quantitative estimate of drug-likeness (QED) is 0.621. The number of rotatable bonds is 3. The predicted octanol–water partition coefficient (Wildman–Crippen LogP) is 5.22. The lowest BCUT2D eigenvalue weighted by Gasteiger charge is -2.04. The molecule has 0 aliphatic carbocycles. The van der Waals surface area contributed by atoms with Gasteiger partial charge in [-0.2, -0.15) is 13.2 Å². The molecule has 0 aliphatic rings. The summed E-state index contributed by atoms with van der Waals surface area (Å²) in [7, 11) is 0. The summed E-state index contributed by atoms with van der Waals surface area (Å²) >= 11 is 3.36. The number of anilines is 2. The topological polar surface area (TPSA) is 40.7 Å². The number of alkyl halides is 4. The molecule has 7 heteroatoms. The average Bonchev–Trinajstić information content (AvgIpc) is 2.88. The third kappa shape index (κ3) is 3.09. The van der Waals surface area contributed by atoms with Gasteiger partial charge in [0.25, 0.3) is 0 Å². The molecule has 1 heterocycles. The van der Waals surface area contributed by atoms with E-state index >= 15 is 0 Å². The number of aromatic nitrogens is 2. The molecule has 2 N–H and O–H groups in total. The normalized spacial score (nSPS) is 11.8. The molecule has 3 nitrogen and oxygen atoms in total. The zero-order valence-electron chi connectivity index (χ0n) is 11.2. The number of hydrogen-bond acceptors (Lipinski definition) is 2. The van der Waals surface area contributed by atoms with Crippen molar-refractivity contribution in [3.8, 4) is 0 Å². The fourth-order valence-corrected chi connectivity index (χ4v) is 2.43. The summed E-state index contributed by atoms with van der Waals surface area (Å²) in [5, 5.41) is 3.80. The lowest BCUT2D eigenvalue weighted by Crippen LogP contribution is -2.04. The Balaban J connectivity index is 1.88. The molecular weight excluding hydrogens is 359 g/mol. The fraction of sp³-hybridized carbons (Fsp3) is 0.133. The monoisotopic (exact) mass is 369 g/mol. The lowest BCUT2D eigenvalue weighted by atomic mass is 10.2. The number of fused-ring (bicyclic) bond motifs is 1. The summed E-state index contributed by atoms with van der Waals surface area (Å²) in [5.41, 5.74) is 2.05. The van der Waals surface area contributed by atoms with E-state index in [-0.39, 0.29) is 5.52 Å². The Morgan fingerprint density at radius 3 is 2.45 bits per heavy atom. The summed E-state index contributed by atoms with van der Waals surface area (Å²) < 4.78 is 38.1. The number of aromatic amines is 1. The first-order valence-corrected chi connectivity index (χ1v) is 7.57. The summed E-state index contributed by atoms with van der Waals surface area (Å²) in [6, 6.07) is 11.1. The molecule has 0 unspecified atom stereocenters. The highest BCUT2D eigenvalue weighted by molar-refractivity contribution is 9.08. The number of benzene rings is 2. The molecule has 0 atom stereocenters. The first-order valence-electron chi connectivity index (χ1n) is 6.44. The second kappa shape index (κ2) is 5.64. The maximum atomic E-state index is 12.7. The highest BCUT2D eigenvalue weighted by Gasteiger charge is 2.30. The van der Waals surface area contributed by atoms with Crippen molar-refractivity contribution in [3.05, 3.63) is 53.6 Å². The third-order valence-electron chi connectivity index (χ3n) is 3.18. The Morgan fingerprint density at radius 1 is 1.09 bits per heavy atom. The van der Waals surface area contributed by atoms with E-state index in [1.807, 2.05) is 24.3 Å². The minimum Gasteiger partial charge on any atom is -0.326 e. The molecule has 0 amide bonds. The van der Waals surface area contributed by atoms with E-state index in [9.17, 15) is 13.2 Å². The van der Waals surface area contributed by atoms with E-state index in [2.05, 4.69) is 31.2 Å². The number of imidazole rings is 1. The zero-order valence-corrected chi connectivity index (χ0v) is 12.8. The van der Waals surface area contributed by atoms with Crippen molar-refractivity contribution >= 4 is 38.6 Å². The second-order valence-corrected chi connectivity index (χ2v) is 5.33. The SMILES string of the molecule is FC(F)(F)c1ccc2[nH]c(Nc3ccc(CBr)cc3)nc2c1. The first-order chi connectivity index (χ1) is 10.5. The highest BCUT2D eigenvalue weighted by atomic mass is 79.9. The molecular formula is C15H11BrF3N3. The van der Waals surface area contributed by atoms with Crippen LogP contribution < -0.4 is 5.32 Å². The van der Waals surface area contributed by atoms with Crippen molar-refractivity contribution in [2.24, 2.45) is 0 Å². The average molecular weight is 370 g/mol. The summed E-state index contributed by atoms with van der Waals surface area (Å²) in [6.45, 7) is 0. The molecule has 0 aliphatic heterocycles. The maximum absolute atomic E-state index is 12.7. The van der Waals surface area contributed by atoms with E-state index in [0.717, 1.165) is 28.7 Å². The van der Waals surface area contributed by atoms with Gasteiger partial charge in [-0.15, -0.1) is 0 Å². The molecule has 0 spiro atoms. The van der Waals surface area contributed by atoms with Crippen LogP contribution in [0, 0.1) is 0 Å². The van der Waals surface area contributed by atoms with E-state index in [1.165, 1.54) is 6.07 Å². The van der Waals surface area contributed by atoms with E-state index < -0.39 is 11.7 Å². The van der Waals surface area contributed by atoms with Gasteiger partial charge in [-0.3, -0.25) is 0 Å². The van der Waals surface area contributed by atoms with Crippen LogP contribution in [0.2, 0.25) is 0 Å². The largest absolute Gasteiger partial charge is 0.416 e. The van der Waals surface area contributed by atoms with Crippen LogP contribution in [-0.2, 0) is 11.5 Å². The third-order valence-corrected chi connectivity index (χ3v) is 3.83.